The molecule has 19 heavy (non-hydrogen) atoms. The highest BCUT2D eigenvalue weighted by Gasteiger charge is 2.09. The van der Waals surface area contributed by atoms with Gasteiger partial charge in [0.2, 0.25) is 0 Å². The number of carbonyl (C=O) groups is 2. The van der Waals surface area contributed by atoms with Gasteiger partial charge in [0.05, 0.1) is 0 Å². The summed E-state index contributed by atoms with van der Waals surface area (Å²) in [6.45, 7) is 3.25. The molecule has 0 saturated carbocycles. The molecule has 104 valence electrons. The smallest absolute Gasteiger partial charge is 0.332 e. The summed E-state index contributed by atoms with van der Waals surface area (Å²) in [5, 5.41) is 2.47. The quantitative estimate of drug-likeness (QED) is 0.798. The number of halogens is 1. The molecule has 6 heteroatoms. The van der Waals surface area contributed by atoms with Gasteiger partial charge in [-0.15, -0.1) is 0 Å². The van der Waals surface area contributed by atoms with Gasteiger partial charge in [0.1, 0.15) is 12.4 Å². The maximum atomic E-state index is 13.0. The predicted molar refractivity (Wildman–Crippen MR) is 67.2 cm³/mol. The summed E-state index contributed by atoms with van der Waals surface area (Å²) in [6.07, 6.45) is 0. The number of amides is 1. The van der Waals surface area contributed by atoms with Crippen LogP contribution in [0.4, 0.5) is 10.1 Å². The predicted octanol–water partition coefficient (Wildman–Crippen LogP) is 1.65. The van der Waals surface area contributed by atoms with Crippen LogP contribution in [-0.4, -0.2) is 31.7 Å². The van der Waals surface area contributed by atoms with Gasteiger partial charge < -0.3 is 14.8 Å². The molecule has 0 unspecified atom stereocenters. The van der Waals surface area contributed by atoms with E-state index in [-0.39, 0.29) is 6.61 Å². The van der Waals surface area contributed by atoms with Crippen LogP contribution in [0.3, 0.4) is 0 Å². The van der Waals surface area contributed by atoms with Crippen molar-refractivity contribution >= 4 is 17.6 Å². The van der Waals surface area contributed by atoms with Gasteiger partial charge in [-0.2, -0.15) is 0 Å². The van der Waals surface area contributed by atoms with Gasteiger partial charge in [-0.1, -0.05) is 6.07 Å². The van der Waals surface area contributed by atoms with Crippen molar-refractivity contribution in [1.29, 1.82) is 0 Å². The lowest BCUT2D eigenvalue weighted by molar-refractivity contribution is -0.151. The molecule has 0 bridgehead atoms. The van der Waals surface area contributed by atoms with E-state index in [2.05, 4.69) is 10.1 Å². The standard InChI is InChI=1S/C13H16FNO4/c1-3-18-8-13(17)19-7-12(16)15-11-6-10(14)5-4-9(11)2/h4-6H,3,7-8H2,1-2H3,(H,15,16). The maximum absolute atomic E-state index is 13.0. The Bertz CT molecular complexity index is 462. The third kappa shape index (κ3) is 5.48. The summed E-state index contributed by atoms with van der Waals surface area (Å²) in [7, 11) is 0. The number of rotatable bonds is 6. The monoisotopic (exact) mass is 269 g/mol. The maximum Gasteiger partial charge on any atom is 0.332 e. The number of aryl methyl sites for hydroxylation is 1. The van der Waals surface area contributed by atoms with Crippen LogP contribution in [-0.2, 0) is 19.1 Å². The highest BCUT2D eigenvalue weighted by atomic mass is 19.1. The Kier molecular flexibility index (Phi) is 5.95. The van der Waals surface area contributed by atoms with E-state index in [1.54, 1.807) is 19.9 Å². The molecule has 1 rings (SSSR count). The van der Waals surface area contributed by atoms with Gasteiger partial charge in [-0.3, -0.25) is 4.79 Å². The molecule has 0 saturated heterocycles. The van der Waals surface area contributed by atoms with Crippen molar-refractivity contribution in [3.05, 3.63) is 29.6 Å². The summed E-state index contributed by atoms with van der Waals surface area (Å²) in [4.78, 5) is 22.6. The minimum Gasteiger partial charge on any atom is -0.454 e. The van der Waals surface area contributed by atoms with Crippen molar-refractivity contribution in [2.75, 3.05) is 25.1 Å². The van der Waals surface area contributed by atoms with Crippen molar-refractivity contribution in [3.63, 3.8) is 0 Å². The molecule has 0 aliphatic rings. The molecule has 1 N–H and O–H groups in total. The fourth-order valence-corrected chi connectivity index (χ4v) is 1.29. The van der Waals surface area contributed by atoms with E-state index in [4.69, 9.17) is 4.74 Å². The number of carbonyl (C=O) groups excluding carboxylic acids is 2. The summed E-state index contributed by atoms with van der Waals surface area (Å²) < 4.78 is 22.5. The molecule has 0 aliphatic carbocycles. The summed E-state index contributed by atoms with van der Waals surface area (Å²) in [6, 6.07) is 4.05. The Labute approximate surface area is 110 Å². The van der Waals surface area contributed by atoms with Crippen LogP contribution in [0.1, 0.15) is 12.5 Å². The van der Waals surface area contributed by atoms with Crippen molar-refractivity contribution in [2.45, 2.75) is 13.8 Å². The van der Waals surface area contributed by atoms with Crippen LogP contribution in [0.25, 0.3) is 0 Å². The highest BCUT2D eigenvalue weighted by molar-refractivity contribution is 5.93. The van der Waals surface area contributed by atoms with Crippen LogP contribution in [0, 0.1) is 12.7 Å². The lowest BCUT2D eigenvalue weighted by atomic mass is 10.2. The van der Waals surface area contributed by atoms with E-state index in [1.807, 2.05) is 0 Å². The molecule has 1 aromatic carbocycles. The zero-order valence-corrected chi connectivity index (χ0v) is 10.9. The van der Waals surface area contributed by atoms with Crippen LogP contribution in [0.2, 0.25) is 0 Å². The first kappa shape index (κ1) is 15.1. The first-order chi connectivity index (χ1) is 9.02. The average Bonchev–Trinajstić information content (AvgIpc) is 2.38. The molecular weight excluding hydrogens is 253 g/mol. The van der Waals surface area contributed by atoms with Gasteiger partial charge in [-0.25, -0.2) is 9.18 Å². The zero-order valence-electron chi connectivity index (χ0n) is 10.9. The van der Waals surface area contributed by atoms with Gasteiger partial charge in [-0.05, 0) is 31.5 Å². The van der Waals surface area contributed by atoms with E-state index in [0.29, 0.717) is 12.3 Å². The lowest BCUT2D eigenvalue weighted by Crippen LogP contribution is -2.23. The van der Waals surface area contributed by atoms with Crippen LogP contribution in [0.15, 0.2) is 18.2 Å². The third-order valence-corrected chi connectivity index (χ3v) is 2.26. The minimum absolute atomic E-state index is 0.192. The molecule has 0 spiro atoms. The fraction of sp³-hybridized carbons (Fsp3) is 0.385. The fourth-order valence-electron chi connectivity index (χ4n) is 1.29. The number of ether oxygens (including phenoxy) is 2. The van der Waals surface area contributed by atoms with Crippen molar-refractivity contribution in [3.8, 4) is 0 Å². The van der Waals surface area contributed by atoms with Crippen molar-refractivity contribution in [2.24, 2.45) is 0 Å². The SMILES string of the molecule is CCOCC(=O)OCC(=O)Nc1cc(F)ccc1C. The number of hydrogen-bond acceptors (Lipinski definition) is 4. The van der Waals surface area contributed by atoms with E-state index >= 15 is 0 Å². The Morgan fingerprint density at radius 3 is 2.74 bits per heavy atom. The number of benzene rings is 1. The van der Waals surface area contributed by atoms with Gasteiger partial charge in [0, 0.05) is 12.3 Å². The molecule has 0 heterocycles. The Hall–Kier alpha value is -1.95. The lowest BCUT2D eigenvalue weighted by Gasteiger charge is -2.09. The van der Waals surface area contributed by atoms with Crippen LogP contribution in [0.5, 0.6) is 0 Å². The molecular formula is C13H16FNO4. The molecule has 0 fully saturated rings. The van der Waals surface area contributed by atoms with E-state index in [9.17, 15) is 14.0 Å². The Morgan fingerprint density at radius 2 is 2.05 bits per heavy atom. The molecule has 1 aromatic rings. The highest BCUT2D eigenvalue weighted by Crippen LogP contribution is 2.15. The molecule has 1 amide bonds. The summed E-state index contributed by atoms with van der Waals surface area (Å²) in [5.41, 5.74) is 1.07. The number of esters is 1. The molecule has 0 atom stereocenters. The van der Waals surface area contributed by atoms with Crippen molar-refractivity contribution in [1.82, 2.24) is 0 Å². The third-order valence-electron chi connectivity index (χ3n) is 2.26. The van der Waals surface area contributed by atoms with Gasteiger partial charge in [0.15, 0.2) is 6.61 Å². The molecule has 0 radical (unpaired) electrons. The number of anilines is 1. The molecule has 5 nitrogen and oxygen atoms in total. The van der Waals surface area contributed by atoms with Gasteiger partial charge >= 0.3 is 5.97 Å². The normalized spacial score (nSPS) is 10.1. The molecule has 0 aliphatic heterocycles. The molecule has 0 aromatic heterocycles. The van der Waals surface area contributed by atoms with E-state index < -0.39 is 24.3 Å². The van der Waals surface area contributed by atoms with E-state index in [0.717, 1.165) is 5.56 Å². The summed E-state index contributed by atoms with van der Waals surface area (Å²) in [5.74, 6) is -1.60. The first-order valence-corrected chi connectivity index (χ1v) is 5.82. The second kappa shape index (κ2) is 7.48. The largest absolute Gasteiger partial charge is 0.454 e. The Morgan fingerprint density at radius 1 is 1.32 bits per heavy atom. The Balaban J connectivity index is 2.43. The topological polar surface area (TPSA) is 64.6 Å². The second-order valence-electron chi connectivity index (χ2n) is 3.81. The first-order valence-electron chi connectivity index (χ1n) is 5.82. The minimum atomic E-state index is -0.618. The average molecular weight is 269 g/mol. The number of nitrogens with one attached hydrogen (secondary N) is 1. The van der Waals surface area contributed by atoms with E-state index in [1.165, 1.54) is 12.1 Å². The zero-order chi connectivity index (χ0) is 14.3. The van der Waals surface area contributed by atoms with Crippen LogP contribution >= 0.6 is 0 Å². The van der Waals surface area contributed by atoms with Crippen LogP contribution < -0.4 is 5.32 Å². The van der Waals surface area contributed by atoms with Crippen molar-refractivity contribution < 1.29 is 23.5 Å². The van der Waals surface area contributed by atoms with Gasteiger partial charge in [0.25, 0.3) is 5.91 Å². The summed E-state index contributed by atoms with van der Waals surface area (Å²) >= 11 is 0. The second-order valence-corrected chi connectivity index (χ2v) is 3.81. The number of hydrogen-bond donors (Lipinski definition) is 1.